The summed E-state index contributed by atoms with van der Waals surface area (Å²) < 4.78 is 24.4. The van der Waals surface area contributed by atoms with Gasteiger partial charge >= 0.3 is 0 Å². The van der Waals surface area contributed by atoms with E-state index >= 15 is 0 Å². The molecule has 4 atom stereocenters. The maximum Gasteiger partial charge on any atom is 0.230 e. The molecule has 150 valence electrons. The minimum atomic E-state index is -0.769. The Bertz CT molecular complexity index is 974. The summed E-state index contributed by atoms with van der Waals surface area (Å²) in [5, 5.41) is 3.66. The normalized spacial score (nSPS) is 29.5. The van der Waals surface area contributed by atoms with Crippen LogP contribution in [0, 0.1) is 17.7 Å². The van der Waals surface area contributed by atoms with E-state index in [2.05, 4.69) is 5.16 Å². The van der Waals surface area contributed by atoms with Crippen molar-refractivity contribution in [2.45, 2.75) is 24.8 Å². The molecular formula is C21H20FN3O4. The highest BCUT2D eigenvalue weighted by atomic mass is 19.1. The molecule has 1 spiro atoms. The van der Waals surface area contributed by atoms with Crippen LogP contribution >= 0.6 is 0 Å². The second-order valence-corrected chi connectivity index (χ2v) is 7.89. The Morgan fingerprint density at radius 2 is 2.14 bits per heavy atom. The van der Waals surface area contributed by atoms with E-state index in [0.29, 0.717) is 18.8 Å². The van der Waals surface area contributed by atoms with Crippen molar-refractivity contribution in [2.24, 2.45) is 11.8 Å². The topological polar surface area (TPSA) is 75.9 Å². The van der Waals surface area contributed by atoms with E-state index < -0.39 is 23.5 Å². The van der Waals surface area contributed by atoms with Gasteiger partial charge in [-0.25, -0.2) is 4.39 Å². The lowest BCUT2D eigenvalue weighted by atomic mass is 9.76. The zero-order chi connectivity index (χ0) is 20.2. The Morgan fingerprint density at radius 1 is 1.34 bits per heavy atom. The highest BCUT2D eigenvalue weighted by Crippen LogP contribution is 2.52. The molecule has 2 amide bonds. The number of hydrogen-bond acceptors (Lipinski definition) is 5. The molecule has 3 aliphatic rings. The number of halogens is 1. The molecule has 3 aliphatic heterocycles. The van der Waals surface area contributed by atoms with Gasteiger partial charge in [-0.1, -0.05) is 29.4 Å². The molecule has 0 aliphatic carbocycles. The molecule has 0 radical (unpaired) electrons. The quantitative estimate of drug-likeness (QED) is 0.719. The molecule has 29 heavy (non-hydrogen) atoms. The van der Waals surface area contributed by atoms with Crippen molar-refractivity contribution in [2.75, 3.05) is 13.6 Å². The molecule has 1 aromatic carbocycles. The lowest BCUT2D eigenvalue weighted by molar-refractivity contribution is -0.143. The molecule has 4 heterocycles. The second-order valence-electron chi connectivity index (χ2n) is 7.89. The van der Waals surface area contributed by atoms with Gasteiger partial charge in [0.05, 0.1) is 37.2 Å². The smallest absolute Gasteiger partial charge is 0.230 e. The molecule has 7 nitrogen and oxygen atoms in total. The Hall–Kier alpha value is -3.00. The van der Waals surface area contributed by atoms with Gasteiger partial charge in [-0.15, -0.1) is 0 Å². The molecule has 2 bridgehead atoms. The van der Waals surface area contributed by atoms with Crippen LogP contribution in [0.2, 0.25) is 0 Å². The Balaban J connectivity index is 1.36. The van der Waals surface area contributed by atoms with Crippen LogP contribution in [0.3, 0.4) is 0 Å². The van der Waals surface area contributed by atoms with Crippen LogP contribution in [0.1, 0.15) is 11.3 Å². The number of hydrogen-bond donors (Lipinski definition) is 0. The number of likely N-dealkylation sites (tertiary alicyclic amines) is 1. The van der Waals surface area contributed by atoms with Crippen molar-refractivity contribution in [3.05, 3.63) is 65.8 Å². The van der Waals surface area contributed by atoms with Crippen LogP contribution in [0.25, 0.3) is 0 Å². The van der Waals surface area contributed by atoms with Gasteiger partial charge in [-0.2, -0.15) is 0 Å². The lowest BCUT2D eigenvalue weighted by Gasteiger charge is -2.27. The fraction of sp³-hybridized carbons (Fsp3) is 0.381. The first kappa shape index (κ1) is 18.1. The van der Waals surface area contributed by atoms with Gasteiger partial charge in [0.2, 0.25) is 11.8 Å². The summed E-state index contributed by atoms with van der Waals surface area (Å²) in [7, 11) is 1.68. The minimum Gasteiger partial charge on any atom is -0.360 e. The summed E-state index contributed by atoms with van der Waals surface area (Å²) >= 11 is 0. The van der Waals surface area contributed by atoms with Crippen molar-refractivity contribution in [1.29, 1.82) is 0 Å². The van der Waals surface area contributed by atoms with Gasteiger partial charge < -0.3 is 19.1 Å². The molecule has 2 saturated heterocycles. The second kappa shape index (κ2) is 6.52. The van der Waals surface area contributed by atoms with Gasteiger partial charge in [0, 0.05) is 19.7 Å². The molecule has 5 rings (SSSR count). The molecule has 8 heteroatoms. The predicted octanol–water partition coefficient (Wildman–Crippen LogP) is 1.75. The van der Waals surface area contributed by atoms with Crippen LogP contribution in [0.4, 0.5) is 4.39 Å². The zero-order valence-corrected chi connectivity index (χ0v) is 15.8. The van der Waals surface area contributed by atoms with Crippen molar-refractivity contribution in [3.8, 4) is 0 Å². The Kier molecular flexibility index (Phi) is 4.06. The highest BCUT2D eigenvalue weighted by molar-refractivity contribution is 5.93. The number of fused-ring (bicyclic) bond motifs is 1. The van der Waals surface area contributed by atoms with Crippen LogP contribution in [0.5, 0.6) is 0 Å². The molecule has 0 unspecified atom stereocenters. The van der Waals surface area contributed by atoms with E-state index in [1.807, 2.05) is 12.2 Å². The maximum absolute atomic E-state index is 13.2. The van der Waals surface area contributed by atoms with E-state index in [1.165, 1.54) is 18.3 Å². The largest absolute Gasteiger partial charge is 0.360 e. The van der Waals surface area contributed by atoms with Gasteiger partial charge in [0.15, 0.2) is 5.76 Å². The summed E-state index contributed by atoms with van der Waals surface area (Å²) in [6.45, 7) is 1.02. The number of amides is 2. The molecule has 0 saturated carbocycles. The SMILES string of the molecule is CN(Cc1ccno1)C(=O)[C@H]1[C@@H]2C=C[C@@]3(CN(Cc4ccc(F)cc4)C(=O)[C@@H]13)O2. The first-order chi connectivity index (χ1) is 14.0. The number of carbonyl (C=O) groups is 2. The molecule has 2 aromatic rings. The van der Waals surface area contributed by atoms with Gasteiger partial charge in [0.1, 0.15) is 11.4 Å². The lowest BCUT2D eigenvalue weighted by Crippen LogP contribution is -2.44. The maximum atomic E-state index is 13.2. The first-order valence-electron chi connectivity index (χ1n) is 9.52. The summed E-state index contributed by atoms with van der Waals surface area (Å²) in [4.78, 5) is 29.7. The predicted molar refractivity (Wildman–Crippen MR) is 98.5 cm³/mol. The number of ether oxygens (including phenoxy) is 1. The third-order valence-corrected chi connectivity index (χ3v) is 6.01. The summed E-state index contributed by atoms with van der Waals surface area (Å²) in [6.07, 6.45) is 4.93. The molecule has 0 N–H and O–H groups in total. The summed E-state index contributed by atoms with van der Waals surface area (Å²) in [6, 6.07) is 7.78. The number of carbonyl (C=O) groups excluding carboxylic acids is 2. The number of nitrogens with zero attached hydrogens (tertiary/aromatic N) is 3. The molecular weight excluding hydrogens is 377 g/mol. The first-order valence-corrected chi connectivity index (χ1v) is 9.52. The van der Waals surface area contributed by atoms with Gasteiger partial charge in [-0.05, 0) is 17.7 Å². The third-order valence-electron chi connectivity index (χ3n) is 6.01. The molecule has 2 fully saturated rings. The number of rotatable bonds is 5. The van der Waals surface area contributed by atoms with Crippen molar-refractivity contribution in [3.63, 3.8) is 0 Å². The zero-order valence-electron chi connectivity index (χ0n) is 15.8. The van der Waals surface area contributed by atoms with Crippen LogP contribution < -0.4 is 0 Å². The average molecular weight is 397 g/mol. The monoisotopic (exact) mass is 397 g/mol. The summed E-state index contributed by atoms with van der Waals surface area (Å²) in [5.74, 6) is -1.12. The average Bonchev–Trinajstić information content (AvgIpc) is 3.46. The Labute approximate surface area is 166 Å². The minimum absolute atomic E-state index is 0.104. The third kappa shape index (κ3) is 2.86. The fourth-order valence-corrected chi connectivity index (χ4v) is 4.69. The van der Waals surface area contributed by atoms with E-state index in [1.54, 1.807) is 35.0 Å². The van der Waals surface area contributed by atoms with Gasteiger partial charge in [0.25, 0.3) is 0 Å². The van der Waals surface area contributed by atoms with Crippen molar-refractivity contribution >= 4 is 11.8 Å². The Morgan fingerprint density at radius 3 is 2.86 bits per heavy atom. The van der Waals surface area contributed by atoms with E-state index in [9.17, 15) is 14.0 Å². The van der Waals surface area contributed by atoms with Crippen molar-refractivity contribution < 1.29 is 23.2 Å². The van der Waals surface area contributed by atoms with Crippen LogP contribution in [-0.4, -0.2) is 52.1 Å². The van der Waals surface area contributed by atoms with E-state index in [0.717, 1.165) is 5.56 Å². The van der Waals surface area contributed by atoms with E-state index in [-0.39, 0.29) is 24.2 Å². The van der Waals surface area contributed by atoms with E-state index in [4.69, 9.17) is 9.26 Å². The van der Waals surface area contributed by atoms with Crippen LogP contribution in [0.15, 0.2) is 53.2 Å². The number of aromatic nitrogens is 1. The van der Waals surface area contributed by atoms with Gasteiger partial charge in [-0.3, -0.25) is 9.59 Å². The highest BCUT2D eigenvalue weighted by Gasteiger charge is 2.67. The fourth-order valence-electron chi connectivity index (χ4n) is 4.69. The summed E-state index contributed by atoms with van der Waals surface area (Å²) in [5.41, 5.74) is 0.0646. The number of benzene rings is 1. The standard InChI is InChI=1S/C21H20FN3O4/c1-24(11-15-7-9-23-29-15)19(26)17-16-6-8-21(28-16)12-25(20(27)18(17)21)10-13-2-4-14(22)5-3-13/h2-9,16-18H,10-12H2,1H3/t16-,17-,18+,21-/m0/s1. The molecule has 1 aromatic heterocycles. The van der Waals surface area contributed by atoms with Crippen LogP contribution in [-0.2, 0) is 27.4 Å². The van der Waals surface area contributed by atoms with Crippen molar-refractivity contribution in [1.82, 2.24) is 15.0 Å².